The lowest BCUT2D eigenvalue weighted by molar-refractivity contribution is -0.140. The predicted octanol–water partition coefficient (Wildman–Crippen LogP) is 6.54. The number of benzene rings is 3. The number of likely N-dealkylation sites (tertiary alicyclic amines) is 1. The molecule has 37 heavy (non-hydrogen) atoms. The van der Waals surface area contributed by atoms with Gasteiger partial charge < -0.3 is 14.7 Å². The fourth-order valence-corrected chi connectivity index (χ4v) is 4.89. The first-order chi connectivity index (χ1) is 17.4. The van der Waals surface area contributed by atoms with Crippen LogP contribution < -0.4 is 4.74 Å². The van der Waals surface area contributed by atoms with Crippen molar-refractivity contribution in [2.45, 2.75) is 59.5 Å². The highest BCUT2D eigenvalue weighted by atomic mass is 16.5. The van der Waals surface area contributed by atoms with E-state index in [-0.39, 0.29) is 23.3 Å². The number of hydrogen-bond acceptors (Lipinski definition) is 4. The molecule has 3 aromatic carbocycles. The van der Waals surface area contributed by atoms with Crippen molar-refractivity contribution < 1.29 is 19.4 Å². The molecule has 1 fully saturated rings. The largest absolute Gasteiger partial charge is 0.507 e. The maximum absolute atomic E-state index is 13.5. The van der Waals surface area contributed by atoms with Crippen LogP contribution >= 0.6 is 0 Å². The van der Waals surface area contributed by atoms with Crippen LogP contribution in [-0.2, 0) is 21.5 Å². The van der Waals surface area contributed by atoms with Gasteiger partial charge in [-0.05, 0) is 72.2 Å². The Bertz CT molecular complexity index is 1390. The van der Waals surface area contributed by atoms with E-state index >= 15 is 0 Å². The fraction of sp³-hybridized carbons (Fsp3) is 0.312. The molecule has 0 radical (unpaired) electrons. The Morgan fingerprint density at radius 1 is 0.919 bits per heavy atom. The molecule has 1 atom stereocenters. The molecule has 0 aliphatic carbocycles. The maximum atomic E-state index is 13.5. The molecule has 0 aromatic heterocycles. The molecule has 1 amide bonds. The van der Waals surface area contributed by atoms with E-state index in [2.05, 4.69) is 20.8 Å². The molecule has 1 aliphatic heterocycles. The lowest BCUT2D eigenvalue weighted by atomic mass is 9.85. The van der Waals surface area contributed by atoms with Gasteiger partial charge in [0, 0.05) is 12.1 Å². The zero-order valence-electron chi connectivity index (χ0n) is 22.7. The minimum atomic E-state index is -0.712. The third-order valence-electron chi connectivity index (χ3n) is 7.15. The van der Waals surface area contributed by atoms with Gasteiger partial charge in [0.15, 0.2) is 0 Å². The fourth-order valence-electron chi connectivity index (χ4n) is 4.89. The van der Waals surface area contributed by atoms with Crippen LogP contribution in [0.3, 0.4) is 0 Å². The van der Waals surface area contributed by atoms with Crippen molar-refractivity contribution in [1.82, 2.24) is 4.90 Å². The number of aliphatic hydroxyl groups is 1. The lowest BCUT2D eigenvalue weighted by Gasteiger charge is -2.27. The summed E-state index contributed by atoms with van der Waals surface area (Å²) in [6, 6.07) is 18.6. The average Bonchev–Trinajstić information content (AvgIpc) is 3.10. The molecule has 1 heterocycles. The normalized spacial score (nSPS) is 17.4. The van der Waals surface area contributed by atoms with Gasteiger partial charge in [-0.25, -0.2) is 0 Å². The van der Waals surface area contributed by atoms with Crippen LogP contribution in [0, 0.1) is 20.8 Å². The first-order valence-corrected chi connectivity index (χ1v) is 12.5. The van der Waals surface area contributed by atoms with Gasteiger partial charge in [-0.1, -0.05) is 68.8 Å². The third-order valence-corrected chi connectivity index (χ3v) is 7.15. The highest BCUT2D eigenvalue weighted by molar-refractivity contribution is 6.46. The summed E-state index contributed by atoms with van der Waals surface area (Å²) >= 11 is 0. The number of carbonyl (C=O) groups is 2. The van der Waals surface area contributed by atoms with Gasteiger partial charge in [-0.2, -0.15) is 0 Å². The summed E-state index contributed by atoms with van der Waals surface area (Å²) in [5.74, 6) is -0.794. The molecule has 3 aromatic rings. The SMILES string of the molecule is COc1ccc(/C(O)=C2/C(=O)C(=O)N(Cc3cc(C)ccc3C)C2c2ccc(C(C)(C)C)cc2)cc1C. The number of amides is 1. The van der Waals surface area contributed by atoms with Crippen molar-refractivity contribution in [2.75, 3.05) is 7.11 Å². The second-order valence-electron chi connectivity index (χ2n) is 10.9. The minimum Gasteiger partial charge on any atom is -0.507 e. The smallest absolute Gasteiger partial charge is 0.295 e. The van der Waals surface area contributed by atoms with Gasteiger partial charge in [-0.15, -0.1) is 0 Å². The van der Waals surface area contributed by atoms with Crippen molar-refractivity contribution in [3.05, 3.63) is 105 Å². The molecule has 0 spiro atoms. The molecule has 1 aliphatic rings. The Kier molecular flexibility index (Phi) is 7.00. The lowest BCUT2D eigenvalue weighted by Crippen LogP contribution is -2.29. The molecule has 4 rings (SSSR count). The zero-order chi connectivity index (χ0) is 27.1. The second kappa shape index (κ2) is 9.89. The second-order valence-corrected chi connectivity index (χ2v) is 10.9. The van der Waals surface area contributed by atoms with E-state index in [0.717, 1.165) is 33.4 Å². The Morgan fingerprint density at radius 2 is 1.59 bits per heavy atom. The summed E-state index contributed by atoms with van der Waals surface area (Å²) in [6.07, 6.45) is 0. The third kappa shape index (κ3) is 5.04. The molecule has 0 saturated carbocycles. The molecular weight excluding hydrogens is 462 g/mol. The quantitative estimate of drug-likeness (QED) is 0.247. The van der Waals surface area contributed by atoms with Gasteiger partial charge in [0.25, 0.3) is 11.7 Å². The van der Waals surface area contributed by atoms with E-state index < -0.39 is 17.7 Å². The Balaban J connectivity index is 1.88. The monoisotopic (exact) mass is 497 g/mol. The number of aliphatic hydroxyl groups excluding tert-OH is 1. The number of nitrogens with zero attached hydrogens (tertiary/aromatic N) is 1. The van der Waals surface area contributed by atoms with Crippen LogP contribution in [-0.4, -0.2) is 28.8 Å². The van der Waals surface area contributed by atoms with Gasteiger partial charge in [0.1, 0.15) is 11.5 Å². The van der Waals surface area contributed by atoms with Crippen molar-refractivity contribution >= 4 is 17.4 Å². The molecule has 1 unspecified atom stereocenters. The number of methoxy groups -OCH3 is 1. The van der Waals surface area contributed by atoms with Gasteiger partial charge in [0.2, 0.25) is 0 Å². The molecule has 1 N–H and O–H groups in total. The van der Waals surface area contributed by atoms with Crippen molar-refractivity contribution in [2.24, 2.45) is 0 Å². The van der Waals surface area contributed by atoms with Gasteiger partial charge >= 0.3 is 0 Å². The van der Waals surface area contributed by atoms with E-state index in [1.165, 1.54) is 0 Å². The number of hydrogen-bond donors (Lipinski definition) is 1. The minimum absolute atomic E-state index is 0.0420. The maximum Gasteiger partial charge on any atom is 0.295 e. The van der Waals surface area contributed by atoms with E-state index in [4.69, 9.17) is 4.74 Å². The van der Waals surface area contributed by atoms with Crippen LogP contribution in [0.1, 0.15) is 65.8 Å². The number of ether oxygens (including phenoxy) is 1. The average molecular weight is 498 g/mol. The van der Waals surface area contributed by atoms with Crippen molar-refractivity contribution in [3.63, 3.8) is 0 Å². The summed E-state index contributed by atoms with van der Waals surface area (Å²) in [5, 5.41) is 11.4. The summed E-state index contributed by atoms with van der Waals surface area (Å²) < 4.78 is 5.35. The highest BCUT2D eigenvalue weighted by Gasteiger charge is 2.46. The molecule has 0 bridgehead atoms. The standard InChI is InChI=1S/C32H35NO4/c1-19-8-9-20(2)24(16-19)18-33-28(22-10-13-25(14-11-22)32(4,5)6)27(30(35)31(33)36)29(34)23-12-15-26(37-7)21(3)17-23/h8-17,28,34H,18H2,1-7H3/b29-27-. The Labute approximate surface area is 219 Å². The van der Waals surface area contributed by atoms with Crippen LogP contribution in [0.5, 0.6) is 5.75 Å². The van der Waals surface area contributed by atoms with Gasteiger partial charge in [0.05, 0.1) is 18.7 Å². The van der Waals surface area contributed by atoms with E-state index in [0.29, 0.717) is 11.3 Å². The van der Waals surface area contributed by atoms with Gasteiger partial charge in [-0.3, -0.25) is 9.59 Å². The molecule has 1 saturated heterocycles. The number of ketones is 1. The van der Waals surface area contributed by atoms with Crippen LogP contribution in [0.15, 0.2) is 66.2 Å². The Morgan fingerprint density at radius 3 is 2.19 bits per heavy atom. The number of carbonyl (C=O) groups excluding carboxylic acids is 2. The summed E-state index contributed by atoms with van der Waals surface area (Å²) in [7, 11) is 1.59. The zero-order valence-corrected chi connectivity index (χ0v) is 22.7. The van der Waals surface area contributed by atoms with Crippen LogP contribution in [0.4, 0.5) is 0 Å². The van der Waals surface area contributed by atoms with E-state index in [1.807, 2.05) is 63.2 Å². The topological polar surface area (TPSA) is 66.8 Å². The van der Waals surface area contributed by atoms with E-state index in [9.17, 15) is 14.7 Å². The summed E-state index contributed by atoms with van der Waals surface area (Å²) in [4.78, 5) is 28.5. The molecule has 192 valence electrons. The first kappa shape index (κ1) is 26.2. The first-order valence-electron chi connectivity index (χ1n) is 12.5. The number of rotatable bonds is 5. The van der Waals surface area contributed by atoms with Crippen molar-refractivity contribution in [1.29, 1.82) is 0 Å². The van der Waals surface area contributed by atoms with Crippen LogP contribution in [0.2, 0.25) is 0 Å². The highest BCUT2D eigenvalue weighted by Crippen LogP contribution is 2.41. The number of aryl methyl sites for hydroxylation is 3. The van der Waals surface area contributed by atoms with E-state index in [1.54, 1.807) is 30.2 Å². The summed E-state index contributed by atoms with van der Waals surface area (Å²) in [6.45, 7) is 12.6. The Hall–Kier alpha value is -3.86. The predicted molar refractivity (Wildman–Crippen MR) is 147 cm³/mol. The number of Topliss-reactive ketones (excluding diaryl/α,β-unsaturated/α-hetero) is 1. The van der Waals surface area contributed by atoms with Crippen LogP contribution in [0.25, 0.3) is 5.76 Å². The van der Waals surface area contributed by atoms with Crippen molar-refractivity contribution in [3.8, 4) is 5.75 Å². The summed E-state index contributed by atoms with van der Waals surface area (Å²) in [5.41, 5.74) is 6.37. The molecule has 5 nitrogen and oxygen atoms in total. The molecule has 5 heteroatoms. The molecular formula is C32H35NO4.